The Hall–Kier alpha value is -3.46. The molecule has 0 atom stereocenters. The minimum Gasteiger partial charge on any atom is -0.378 e. The van der Waals surface area contributed by atoms with Crippen molar-refractivity contribution in [3.05, 3.63) is 71.1 Å². The smallest absolute Gasteiger partial charge is 0.137 e. The molecule has 1 aromatic carbocycles. The summed E-state index contributed by atoms with van der Waals surface area (Å²) in [6, 6.07) is 10.9. The SMILES string of the molecule is Cc1cc(F)cc2c(NCc3cn4c(C)cccc4n3)c(C#N)cnc12. The number of nitrogens with one attached hydrogen (secondary N) is 1. The van der Waals surface area contributed by atoms with Gasteiger partial charge in [0, 0.05) is 23.5 Å². The van der Waals surface area contributed by atoms with Gasteiger partial charge < -0.3 is 9.72 Å². The predicted molar refractivity (Wildman–Crippen MR) is 98.4 cm³/mol. The Labute approximate surface area is 149 Å². The zero-order valence-corrected chi connectivity index (χ0v) is 14.4. The Morgan fingerprint density at radius 2 is 2.12 bits per heavy atom. The van der Waals surface area contributed by atoms with Crippen LogP contribution in [0.5, 0.6) is 0 Å². The third kappa shape index (κ3) is 2.64. The molecule has 3 aromatic heterocycles. The number of fused-ring (bicyclic) bond motifs is 2. The van der Waals surface area contributed by atoms with E-state index in [1.54, 1.807) is 6.92 Å². The lowest BCUT2D eigenvalue weighted by molar-refractivity contribution is 0.628. The fraction of sp³-hybridized carbons (Fsp3) is 0.150. The summed E-state index contributed by atoms with van der Waals surface area (Å²) in [5.41, 5.74) is 5.15. The summed E-state index contributed by atoms with van der Waals surface area (Å²) in [4.78, 5) is 8.89. The van der Waals surface area contributed by atoms with E-state index in [2.05, 4.69) is 21.4 Å². The van der Waals surface area contributed by atoms with Gasteiger partial charge in [0.15, 0.2) is 0 Å². The van der Waals surface area contributed by atoms with Crippen molar-refractivity contribution in [1.29, 1.82) is 5.26 Å². The fourth-order valence-electron chi connectivity index (χ4n) is 3.17. The number of rotatable bonds is 3. The molecule has 0 amide bonds. The van der Waals surface area contributed by atoms with Gasteiger partial charge in [0.1, 0.15) is 17.5 Å². The lowest BCUT2D eigenvalue weighted by Crippen LogP contribution is -2.04. The highest BCUT2D eigenvalue weighted by atomic mass is 19.1. The third-order valence-electron chi connectivity index (χ3n) is 4.44. The van der Waals surface area contributed by atoms with Gasteiger partial charge in [-0.3, -0.25) is 4.98 Å². The van der Waals surface area contributed by atoms with Crippen LogP contribution in [0.4, 0.5) is 10.1 Å². The molecule has 0 fully saturated rings. The van der Waals surface area contributed by atoms with E-state index < -0.39 is 0 Å². The highest BCUT2D eigenvalue weighted by Crippen LogP contribution is 2.29. The summed E-state index contributed by atoms with van der Waals surface area (Å²) in [6.07, 6.45) is 3.47. The Morgan fingerprint density at radius 3 is 2.88 bits per heavy atom. The molecule has 128 valence electrons. The zero-order chi connectivity index (χ0) is 18.3. The van der Waals surface area contributed by atoms with Crippen LogP contribution in [0.3, 0.4) is 0 Å². The molecule has 0 radical (unpaired) electrons. The number of imidazole rings is 1. The number of pyridine rings is 2. The first kappa shape index (κ1) is 16.0. The molecule has 0 saturated carbocycles. The molecule has 3 heterocycles. The van der Waals surface area contributed by atoms with Gasteiger partial charge in [-0.2, -0.15) is 5.26 Å². The Balaban J connectivity index is 1.76. The molecule has 26 heavy (non-hydrogen) atoms. The fourth-order valence-corrected chi connectivity index (χ4v) is 3.17. The summed E-state index contributed by atoms with van der Waals surface area (Å²) in [6.45, 7) is 4.24. The molecule has 0 spiro atoms. The van der Waals surface area contributed by atoms with Gasteiger partial charge in [0.2, 0.25) is 0 Å². The van der Waals surface area contributed by atoms with Crippen molar-refractivity contribution in [3.8, 4) is 6.07 Å². The van der Waals surface area contributed by atoms with Crippen LogP contribution in [0.2, 0.25) is 0 Å². The number of aryl methyl sites for hydroxylation is 2. The summed E-state index contributed by atoms with van der Waals surface area (Å²) in [5.74, 6) is -0.349. The average molecular weight is 345 g/mol. The van der Waals surface area contributed by atoms with E-state index in [1.807, 2.05) is 35.7 Å². The monoisotopic (exact) mass is 345 g/mol. The highest BCUT2D eigenvalue weighted by molar-refractivity contribution is 5.95. The number of halogens is 1. The molecule has 1 N–H and O–H groups in total. The standard InChI is InChI=1S/C20H16FN5/c1-12-6-15(21)7-17-19(12)23-9-14(8-22)20(17)24-10-16-11-26-13(2)4-3-5-18(26)25-16/h3-7,9,11H,10H2,1-2H3,(H,23,24). The molecular formula is C20H16FN5. The van der Waals surface area contributed by atoms with Gasteiger partial charge >= 0.3 is 0 Å². The molecular weight excluding hydrogens is 329 g/mol. The maximum atomic E-state index is 13.9. The van der Waals surface area contributed by atoms with Gasteiger partial charge in [0.05, 0.1) is 29.0 Å². The number of hydrogen-bond donors (Lipinski definition) is 1. The normalized spacial score (nSPS) is 11.0. The van der Waals surface area contributed by atoms with Crippen LogP contribution in [0.15, 0.2) is 42.7 Å². The van der Waals surface area contributed by atoms with Crippen molar-refractivity contribution in [1.82, 2.24) is 14.4 Å². The molecule has 6 heteroatoms. The molecule has 4 aromatic rings. The second-order valence-electron chi connectivity index (χ2n) is 6.26. The number of benzene rings is 1. The first-order chi connectivity index (χ1) is 12.6. The van der Waals surface area contributed by atoms with E-state index in [0.717, 1.165) is 22.6 Å². The second kappa shape index (κ2) is 6.12. The van der Waals surface area contributed by atoms with E-state index in [0.29, 0.717) is 28.7 Å². The highest BCUT2D eigenvalue weighted by Gasteiger charge is 2.13. The molecule has 5 nitrogen and oxygen atoms in total. The molecule has 0 aliphatic carbocycles. The lowest BCUT2D eigenvalue weighted by Gasteiger charge is -2.11. The molecule has 0 bridgehead atoms. The molecule has 0 unspecified atom stereocenters. The van der Waals surface area contributed by atoms with Crippen molar-refractivity contribution in [2.75, 3.05) is 5.32 Å². The number of anilines is 1. The average Bonchev–Trinajstić information content (AvgIpc) is 3.04. The quantitative estimate of drug-likeness (QED) is 0.606. The van der Waals surface area contributed by atoms with E-state index >= 15 is 0 Å². The van der Waals surface area contributed by atoms with Crippen molar-refractivity contribution in [3.63, 3.8) is 0 Å². The largest absolute Gasteiger partial charge is 0.378 e. The lowest BCUT2D eigenvalue weighted by atomic mass is 10.1. The van der Waals surface area contributed by atoms with Crippen LogP contribution >= 0.6 is 0 Å². The Bertz CT molecular complexity index is 1190. The summed E-state index contributed by atoms with van der Waals surface area (Å²) < 4.78 is 15.9. The first-order valence-corrected chi connectivity index (χ1v) is 8.23. The maximum absolute atomic E-state index is 13.9. The summed E-state index contributed by atoms with van der Waals surface area (Å²) in [7, 11) is 0. The number of hydrogen-bond acceptors (Lipinski definition) is 4. The van der Waals surface area contributed by atoms with Crippen LogP contribution < -0.4 is 5.32 Å². The third-order valence-corrected chi connectivity index (χ3v) is 4.44. The molecule has 0 saturated heterocycles. The van der Waals surface area contributed by atoms with Crippen LogP contribution in [-0.4, -0.2) is 14.4 Å². The molecule has 0 aliphatic heterocycles. The molecule has 0 aliphatic rings. The summed E-state index contributed by atoms with van der Waals surface area (Å²) in [5, 5.41) is 13.3. The Kier molecular flexibility index (Phi) is 3.77. The van der Waals surface area contributed by atoms with Crippen molar-refractivity contribution in [2.45, 2.75) is 20.4 Å². The second-order valence-corrected chi connectivity index (χ2v) is 6.26. The van der Waals surface area contributed by atoms with Crippen molar-refractivity contribution in [2.24, 2.45) is 0 Å². The number of nitrogens with zero attached hydrogens (tertiary/aromatic N) is 4. The first-order valence-electron chi connectivity index (χ1n) is 8.23. The van der Waals surface area contributed by atoms with Crippen molar-refractivity contribution >= 4 is 22.2 Å². The summed E-state index contributed by atoms with van der Waals surface area (Å²) >= 11 is 0. The van der Waals surface area contributed by atoms with Gasteiger partial charge in [-0.05, 0) is 43.7 Å². The minimum atomic E-state index is -0.349. The number of nitriles is 1. The van der Waals surface area contributed by atoms with E-state index in [1.165, 1.54) is 18.3 Å². The van der Waals surface area contributed by atoms with Crippen LogP contribution in [0.1, 0.15) is 22.5 Å². The van der Waals surface area contributed by atoms with Gasteiger partial charge in [-0.1, -0.05) is 6.07 Å². The van der Waals surface area contributed by atoms with Gasteiger partial charge in [-0.25, -0.2) is 9.37 Å². The topological polar surface area (TPSA) is 66.0 Å². The van der Waals surface area contributed by atoms with Crippen LogP contribution in [0, 0.1) is 31.0 Å². The van der Waals surface area contributed by atoms with E-state index in [9.17, 15) is 9.65 Å². The van der Waals surface area contributed by atoms with Crippen LogP contribution in [-0.2, 0) is 6.54 Å². The predicted octanol–water partition coefficient (Wildman–Crippen LogP) is 4.12. The van der Waals surface area contributed by atoms with E-state index in [-0.39, 0.29) is 5.82 Å². The van der Waals surface area contributed by atoms with Gasteiger partial charge in [0.25, 0.3) is 0 Å². The van der Waals surface area contributed by atoms with Crippen LogP contribution in [0.25, 0.3) is 16.6 Å². The minimum absolute atomic E-state index is 0.349. The zero-order valence-electron chi connectivity index (χ0n) is 14.4. The maximum Gasteiger partial charge on any atom is 0.137 e. The van der Waals surface area contributed by atoms with Crippen molar-refractivity contribution < 1.29 is 4.39 Å². The molecule has 4 rings (SSSR count). The van der Waals surface area contributed by atoms with Gasteiger partial charge in [-0.15, -0.1) is 0 Å². The number of aromatic nitrogens is 3. The Morgan fingerprint density at radius 1 is 1.27 bits per heavy atom. The van der Waals surface area contributed by atoms with E-state index in [4.69, 9.17) is 0 Å².